The number of rotatable bonds is 2. The zero-order valence-electron chi connectivity index (χ0n) is 9.32. The molecule has 1 aromatic heterocycles. The van der Waals surface area contributed by atoms with Crippen molar-refractivity contribution in [3.05, 3.63) is 34.4 Å². The Morgan fingerprint density at radius 3 is 2.82 bits per heavy atom. The summed E-state index contributed by atoms with van der Waals surface area (Å²) in [5.74, 6) is -0.0648. The molecule has 2 aromatic rings. The van der Waals surface area contributed by atoms with E-state index in [4.69, 9.17) is 17.0 Å². The van der Waals surface area contributed by atoms with E-state index >= 15 is 0 Å². The normalized spacial score (nSPS) is 10.3. The summed E-state index contributed by atoms with van der Waals surface area (Å²) in [7, 11) is 1.45. The molecule has 17 heavy (non-hydrogen) atoms. The first kappa shape index (κ1) is 11.7. The molecule has 0 saturated carbocycles. The number of methoxy groups -OCH3 is 1. The van der Waals surface area contributed by atoms with Crippen LogP contribution in [-0.2, 0) is 0 Å². The van der Waals surface area contributed by atoms with E-state index in [2.05, 4.69) is 15.0 Å². The second-order valence-electron chi connectivity index (χ2n) is 3.47. The third-order valence-electron chi connectivity index (χ3n) is 2.20. The van der Waals surface area contributed by atoms with E-state index in [-0.39, 0.29) is 16.6 Å². The van der Waals surface area contributed by atoms with Gasteiger partial charge in [0.1, 0.15) is 11.6 Å². The maximum absolute atomic E-state index is 13.7. The molecule has 6 heteroatoms. The quantitative estimate of drug-likeness (QED) is 0.834. The minimum Gasteiger partial charge on any atom is -0.468 e. The lowest BCUT2D eigenvalue weighted by molar-refractivity contribution is 0.378. The van der Waals surface area contributed by atoms with Crippen LogP contribution in [-0.4, -0.2) is 22.1 Å². The molecule has 0 radical (unpaired) electrons. The molecule has 2 rings (SSSR count). The molecule has 1 heterocycles. The van der Waals surface area contributed by atoms with Crippen LogP contribution in [0.1, 0.15) is 5.56 Å². The van der Waals surface area contributed by atoms with Gasteiger partial charge < -0.3 is 4.74 Å². The molecule has 88 valence electrons. The third-order valence-corrected chi connectivity index (χ3v) is 2.38. The zero-order valence-corrected chi connectivity index (χ0v) is 10.1. The van der Waals surface area contributed by atoms with Crippen LogP contribution in [0.2, 0.25) is 0 Å². The van der Waals surface area contributed by atoms with Crippen LogP contribution in [0.4, 0.5) is 4.39 Å². The Morgan fingerprint density at radius 1 is 1.35 bits per heavy atom. The van der Waals surface area contributed by atoms with Crippen LogP contribution in [0, 0.1) is 17.5 Å². The number of aromatic amines is 1. The largest absolute Gasteiger partial charge is 0.468 e. The number of benzene rings is 1. The van der Waals surface area contributed by atoms with Crippen LogP contribution in [0.25, 0.3) is 11.4 Å². The highest BCUT2D eigenvalue weighted by molar-refractivity contribution is 7.71. The first-order valence-electron chi connectivity index (χ1n) is 4.89. The number of hydrogen-bond acceptors (Lipinski definition) is 4. The number of halogens is 1. The molecule has 0 aliphatic carbocycles. The van der Waals surface area contributed by atoms with Gasteiger partial charge in [-0.25, -0.2) is 9.37 Å². The molecular formula is C11H10FN3OS. The average Bonchev–Trinajstić information content (AvgIpc) is 2.31. The minimum atomic E-state index is -0.373. The van der Waals surface area contributed by atoms with Crippen molar-refractivity contribution in [2.24, 2.45) is 0 Å². The predicted molar refractivity (Wildman–Crippen MR) is 63.9 cm³/mol. The summed E-state index contributed by atoms with van der Waals surface area (Å²) in [5, 5.41) is 0. The molecule has 1 N–H and O–H groups in total. The Morgan fingerprint density at radius 2 is 2.12 bits per heavy atom. The maximum atomic E-state index is 13.7. The number of nitrogens with zero attached hydrogens (tertiary/aromatic N) is 2. The van der Waals surface area contributed by atoms with E-state index in [0.717, 1.165) is 5.56 Å². The standard InChI is InChI=1S/C11H10FN3OS/c1-6-3-4-8(12)7(5-6)9-13-10(16-2)15-11(17)14-9/h3-5H,1-2H3,(H,13,14,15,17). The van der Waals surface area contributed by atoms with Crippen molar-refractivity contribution in [2.75, 3.05) is 7.11 Å². The van der Waals surface area contributed by atoms with Crippen LogP contribution < -0.4 is 4.74 Å². The van der Waals surface area contributed by atoms with Gasteiger partial charge in [-0.1, -0.05) is 11.6 Å². The topological polar surface area (TPSA) is 50.8 Å². The van der Waals surface area contributed by atoms with Gasteiger partial charge in [-0.05, 0) is 31.3 Å². The van der Waals surface area contributed by atoms with Gasteiger partial charge in [0.25, 0.3) is 6.01 Å². The van der Waals surface area contributed by atoms with Crippen molar-refractivity contribution in [2.45, 2.75) is 6.92 Å². The van der Waals surface area contributed by atoms with E-state index < -0.39 is 0 Å². The van der Waals surface area contributed by atoms with Crippen molar-refractivity contribution < 1.29 is 9.13 Å². The molecule has 0 bridgehead atoms. The zero-order chi connectivity index (χ0) is 12.4. The van der Waals surface area contributed by atoms with Crippen molar-refractivity contribution in [1.82, 2.24) is 15.0 Å². The summed E-state index contributed by atoms with van der Waals surface area (Å²) in [5.41, 5.74) is 1.27. The van der Waals surface area contributed by atoms with Gasteiger partial charge in [0, 0.05) is 0 Å². The monoisotopic (exact) mass is 251 g/mol. The molecular weight excluding hydrogens is 241 g/mol. The first-order valence-corrected chi connectivity index (χ1v) is 5.30. The van der Waals surface area contributed by atoms with Crippen LogP contribution in [0.3, 0.4) is 0 Å². The highest BCUT2D eigenvalue weighted by Crippen LogP contribution is 2.21. The van der Waals surface area contributed by atoms with Gasteiger partial charge in [0.2, 0.25) is 4.77 Å². The smallest absolute Gasteiger partial charge is 0.297 e. The lowest BCUT2D eigenvalue weighted by atomic mass is 10.1. The number of hydrogen-bond donors (Lipinski definition) is 1. The average molecular weight is 251 g/mol. The van der Waals surface area contributed by atoms with Crippen molar-refractivity contribution in [1.29, 1.82) is 0 Å². The summed E-state index contributed by atoms with van der Waals surface area (Å²) in [6, 6.07) is 4.96. The highest BCUT2D eigenvalue weighted by Gasteiger charge is 2.09. The Labute approximate surface area is 103 Å². The van der Waals surface area contributed by atoms with Gasteiger partial charge in [0.05, 0.1) is 12.7 Å². The number of aromatic nitrogens is 3. The summed E-state index contributed by atoms with van der Waals surface area (Å²) in [6.45, 7) is 1.87. The summed E-state index contributed by atoms with van der Waals surface area (Å²) >= 11 is 4.88. The molecule has 0 spiro atoms. The van der Waals surface area contributed by atoms with Crippen LogP contribution >= 0.6 is 12.2 Å². The van der Waals surface area contributed by atoms with Gasteiger partial charge in [-0.3, -0.25) is 4.98 Å². The number of aryl methyl sites for hydroxylation is 1. The highest BCUT2D eigenvalue weighted by atomic mass is 32.1. The van der Waals surface area contributed by atoms with E-state index in [1.54, 1.807) is 12.1 Å². The fourth-order valence-electron chi connectivity index (χ4n) is 1.41. The molecule has 1 aromatic carbocycles. The number of nitrogens with one attached hydrogen (secondary N) is 1. The third kappa shape index (κ3) is 2.47. The molecule has 0 unspecified atom stereocenters. The van der Waals surface area contributed by atoms with E-state index in [0.29, 0.717) is 11.4 Å². The molecule has 0 amide bonds. The Balaban J connectivity index is 2.63. The Kier molecular flexibility index (Phi) is 3.14. The van der Waals surface area contributed by atoms with Crippen molar-refractivity contribution in [3.8, 4) is 17.4 Å². The lowest BCUT2D eigenvalue weighted by Gasteiger charge is -2.05. The second kappa shape index (κ2) is 4.58. The number of H-pyrrole nitrogens is 1. The Bertz CT molecular complexity index is 612. The van der Waals surface area contributed by atoms with E-state index in [9.17, 15) is 4.39 Å². The van der Waals surface area contributed by atoms with Crippen molar-refractivity contribution in [3.63, 3.8) is 0 Å². The fourth-order valence-corrected chi connectivity index (χ4v) is 1.58. The minimum absolute atomic E-state index is 0.108. The van der Waals surface area contributed by atoms with Crippen molar-refractivity contribution >= 4 is 12.2 Å². The summed E-state index contributed by atoms with van der Waals surface area (Å²) in [4.78, 5) is 10.6. The summed E-state index contributed by atoms with van der Waals surface area (Å²) < 4.78 is 18.7. The molecule has 0 aliphatic rings. The Hall–Kier alpha value is -1.82. The fraction of sp³-hybridized carbons (Fsp3) is 0.182. The second-order valence-corrected chi connectivity index (χ2v) is 3.84. The van der Waals surface area contributed by atoms with E-state index in [1.165, 1.54) is 13.2 Å². The molecule has 4 nitrogen and oxygen atoms in total. The molecule has 0 aliphatic heterocycles. The first-order chi connectivity index (χ1) is 8.10. The van der Waals surface area contributed by atoms with Gasteiger partial charge in [-0.15, -0.1) is 0 Å². The van der Waals surface area contributed by atoms with Gasteiger partial charge in [-0.2, -0.15) is 4.98 Å². The SMILES string of the molecule is COc1nc(=S)nc(-c2cc(C)ccc2F)[nH]1. The lowest BCUT2D eigenvalue weighted by Crippen LogP contribution is -1.99. The van der Waals surface area contributed by atoms with Crippen LogP contribution in [0.5, 0.6) is 6.01 Å². The molecule has 0 fully saturated rings. The van der Waals surface area contributed by atoms with Gasteiger partial charge in [0.15, 0.2) is 0 Å². The van der Waals surface area contributed by atoms with Gasteiger partial charge >= 0.3 is 0 Å². The number of ether oxygens (including phenoxy) is 1. The predicted octanol–water partition coefficient (Wildman–Crippen LogP) is 2.66. The summed E-state index contributed by atoms with van der Waals surface area (Å²) in [6.07, 6.45) is 0. The molecule has 0 atom stereocenters. The maximum Gasteiger partial charge on any atom is 0.297 e. The molecule has 0 saturated heterocycles. The van der Waals surface area contributed by atoms with E-state index in [1.807, 2.05) is 6.92 Å². The van der Waals surface area contributed by atoms with Crippen LogP contribution in [0.15, 0.2) is 18.2 Å².